The van der Waals surface area contributed by atoms with Crippen LogP contribution >= 0.6 is 0 Å². The van der Waals surface area contributed by atoms with Crippen molar-refractivity contribution in [2.24, 2.45) is 5.92 Å². The molecule has 0 radical (unpaired) electrons. The molecule has 1 aromatic carbocycles. The summed E-state index contributed by atoms with van der Waals surface area (Å²) >= 11 is 0. The first-order valence-electron chi connectivity index (χ1n) is 8.45. The van der Waals surface area contributed by atoms with E-state index in [1.165, 1.54) is 0 Å². The summed E-state index contributed by atoms with van der Waals surface area (Å²) in [5.41, 5.74) is 3.20. The molecule has 1 aromatic rings. The summed E-state index contributed by atoms with van der Waals surface area (Å²) in [6.07, 6.45) is 1.57. The van der Waals surface area contributed by atoms with E-state index in [1.54, 1.807) is 4.90 Å². The van der Waals surface area contributed by atoms with E-state index in [1.807, 2.05) is 30.9 Å². The van der Waals surface area contributed by atoms with Gasteiger partial charge in [0.2, 0.25) is 11.8 Å². The number of carbonyl (C=O) groups is 2. The molecule has 1 N–H and O–H groups in total. The second-order valence-corrected chi connectivity index (χ2v) is 6.61. The Morgan fingerprint density at radius 3 is 2.57 bits per heavy atom. The molecule has 0 aromatic heterocycles. The molecule has 124 valence electrons. The fraction of sp³-hybridized carbons (Fsp3) is 0.556. The largest absolute Gasteiger partial charge is 0.341 e. The number of nitrogens with one attached hydrogen (secondary N) is 1. The first kappa shape index (κ1) is 16.0. The average molecular weight is 315 g/mol. The van der Waals surface area contributed by atoms with Gasteiger partial charge in [-0.05, 0) is 56.5 Å². The van der Waals surface area contributed by atoms with Crippen LogP contribution in [-0.4, -0.2) is 49.4 Å². The number of aryl methyl sites for hydroxylation is 2. The van der Waals surface area contributed by atoms with Gasteiger partial charge in [-0.2, -0.15) is 0 Å². The van der Waals surface area contributed by atoms with Crippen LogP contribution in [0.5, 0.6) is 0 Å². The van der Waals surface area contributed by atoms with Gasteiger partial charge in [-0.1, -0.05) is 6.07 Å². The number of benzene rings is 1. The van der Waals surface area contributed by atoms with Crippen LogP contribution in [0, 0.1) is 19.8 Å². The molecule has 0 saturated carbocycles. The number of amides is 2. The highest BCUT2D eigenvalue weighted by Crippen LogP contribution is 2.28. The van der Waals surface area contributed by atoms with Crippen molar-refractivity contribution in [1.82, 2.24) is 10.2 Å². The van der Waals surface area contributed by atoms with E-state index in [-0.39, 0.29) is 11.8 Å². The summed E-state index contributed by atoms with van der Waals surface area (Å²) in [7, 11) is 0. The Morgan fingerprint density at radius 1 is 1.09 bits per heavy atom. The Labute approximate surface area is 137 Å². The van der Waals surface area contributed by atoms with E-state index in [2.05, 4.69) is 11.4 Å². The number of hydrogen-bond donors (Lipinski definition) is 1. The molecule has 2 fully saturated rings. The van der Waals surface area contributed by atoms with E-state index in [0.717, 1.165) is 42.9 Å². The highest BCUT2D eigenvalue weighted by molar-refractivity contribution is 6.09. The summed E-state index contributed by atoms with van der Waals surface area (Å²) < 4.78 is 0. The normalized spacial score (nSPS) is 22.3. The average Bonchev–Trinajstić information content (AvgIpc) is 2.72. The van der Waals surface area contributed by atoms with Crippen LogP contribution < -0.4 is 10.2 Å². The van der Waals surface area contributed by atoms with E-state index in [4.69, 9.17) is 0 Å². The van der Waals surface area contributed by atoms with Crippen molar-refractivity contribution in [3.63, 3.8) is 0 Å². The molecule has 0 spiro atoms. The lowest BCUT2D eigenvalue weighted by Crippen LogP contribution is -2.41. The van der Waals surface area contributed by atoms with E-state index < -0.39 is 5.92 Å². The van der Waals surface area contributed by atoms with Crippen molar-refractivity contribution in [2.45, 2.75) is 26.7 Å². The molecule has 2 amide bonds. The number of nitrogens with zero attached hydrogens (tertiary/aromatic N) is 2. The van der Waals surface area contributed by atoms with E-state index in [0.29, 0.717) is 19.5 Å². The first-order chi connectivity index (χ1) is 11.1. The van der Waals surface area contributed by atoms with Gasteiger partial charge < -0.3 is 15.1 Å². The lowest BCUT2D eigenvalue weighted by molar-refractivity contribution is -0.139. The Bertz CT molecular complexity index is 586. The second kappa shape index (κ2) is 6.71. The molecular formula is C18H25N3O2. The Kier molecular flexibility index (Phi) is 4.66. The third kappa shape index (κ3) is 3.39. The Balaban J connectivity index is 1.74. The quantitative estimate of drug-likeness (QED) is 0.841. The summed E-state index contributed by atoms with van der Waals surface area (Å²) in [5.74, 6) is -0.545. The minimum absolute atomic E-state index is 0.00516. The molecular weight excluding hydrogens is 290 g/mol. The van der Waals surface area contributed by atoms with Gasteiger partial charge >= 0.3 is 0 Å². The van der Waals surface area contributed by atoms with Crippen molar-refractivity contribution in [3.8, 4) is 0 Å². The molecule has 2 heterocycles. The molecule has 5 heteroatoms. The predicted octanol–water partition coefficient (Wildman–Crippen LogP) is 1.48. The zero-order valence-corrected chi connectivity index (χ0v) is 14.0. The molecule has 2 aliphatic rings. The SMILES string of the molecule is Cc1cc(C)cc(N2CCC(C(=O)N3CCCNCC3)C2=O)c1. The van der Waals surface area contributed by atoms with Crippen LogP contribution in [0.3, 0.4) is 0 Å². The van der Waals surface area contributed by atoms with E-state index >= 15 is 0 Å². The van der Waals surface area contributed by atoms with Crippen LogP contribution in [0.25, 0.3) is 0 Å². The number of hydrogen-bond acceptors (Lipinski definition) is 3. The van der Waals surface area contributed by atoms with Crippen molar-refractivity contribution in [2.75, 3.05) is 37.6 Å². The molecule has 0 bridgehead atoms. The molecule has 1 unspecified atom stereocenters. The third-order valence-electron chi connectivity index (χ3n) is 4.67. The first-order valence-corrected chi connectivity index (χ1v) is 8.45. The number of rotatable bonds is 2. The lowest BCUT2D eigenvalue weighted by atomic mass is 10.1. The zero-order valence-electron chi connectivity index (χ0n) is 14.0. The minimum Gasteiger partial charge on any atom is -0.341 e. The van der Waals surface area contributed by atoms with Gasteiger partial charge in [0.15, 0.2) is 0 Å². The second-order valence-electron chi connectivity index (χ2n) is 6.61. The molecule has 2 saturated heterocycles. The summed E-state index contributed by atoms with van der Waals surface area (Å²) in [5, 5.41) is 3.29. The van der Waals surface area contributed by atoms with Gasteiger partial charge in [-0.15, -0.1) is 0 Å². The van der Waals surface area contributed by atoms with Gasteiger partial charge in [0, 0.05) is 31.9 Å². The summed E-state index contributed by atoms with van der Waals surface area (Å²) in [4.78, 5) is 29.1. The van der Waals surface area contributed by atoms with E-state index in [9.17, 15) is 9.59 Å². The molecule has 2 aliphatic heterocycles. The Morgan fingerprint density at radius 2 is 1.83 bits per heavy atom. The van der Waals surface area contributed by atoms with Crippen LogP contribution in [0.1, 0.15) is 24.0 Å². The maximum Gasteiger partial charge on any atom is 0.239 e. The van der Waals surface area contributed by atoms with Crippen LogP contribution in [-0.2, 0) is 9.59 Å². The Hall–Kier alpha value is -1.88. The topological polar surface area (TPSA) is 52.7 Å². The van der Waals surface area contributed by atoms with Gasteiger partial charge in [-0.3, -0.25) is 9.59 Å². The lowest BCUT2D eigenvalue weighted by Gasteiger charge is -2.23. The van der Waals surface area contributed by atoms with Crippen LogP contribution in [0.4, 0.5) is 5.69 Å². The minimum atomic E-state index is -0.506. The standard InChI is InChI=1S/C18H25N3O2/c1-13-10-14(2)12-15(11-13)21-8-4-16(18(21)23)17(22)20-7-3-5-19-6-9-20/h10-12,16,19H,3-9H2,1-2H3. The fourth-order valence-corrected chi connectivity index (χ4v) is 3.56. The highest BCUT2D eigenvalue weighted by atomic mass is 16.2. The highest BCUT2D eigenvalue weighted by Gasteiger charge is 2.39. The molecule has 3 rings (SSSR count). The summed E-state index contributed by atoms with van der Waals surface area (Å²) in [6.45, 7) is 7.90. The van der Waals surface area contributed by atoms with Gasteiger partial charge in [0.1, 0.15) is 5.92 Å². The molecule has 5 nitrogen and oxygen atoms in total. The van der Waals surface area contributed by atoms with Crippen LogP contribution in [0.15, 0.2) is 18.2 Å². The molecule has 23 heavy (non-hydrogen) atoms. The zero-order chi connectivity index (χ0) is 16.4. The van der Waals surface area contributed by atoms with Gasteiger partial charge in [-0.25, -0.2) is 0 Å². The number of carbonyl (C=O) groups excluding carboxylic acids is 2. The number of anilines is 1. The van der Waals surface area contributed by atoms with Gasteiger partial charge in [0.05, 0.1) is 0 Å². The van der Waals surface area contributed by atoms with Crippen molar-refractivity contribution >= 4 is 17.5 Å². The maximum atomic E-state index is 12.8. The smallest absolute Gasteiger partial charge is 0.239 e. The van der Waals surface area contributed by atoms with Crippen LogP contribution in [0.2, 0.25) is 0 Å². The van der Waals surface area contributed by atoms with Crippen molar-refractivity contribution < 1.29 is 9.59 Å². The predicted molar refractivity (Wildman–Crippen MR) is 90.4 cm³/mol. The van der Waals surface area contributed by atoms with Crippen molar-refractivity contribution in [1.29, 1.82) is 0 Å². The maximum absolute atomic E-state index is 12.8. The summed E-state index contributed by atoms with van der Waals surface area (Å²) in [6, 6.07) is 6.14. The molecule has 1 atom stereocenters. The monoisotopic (exact) mass is 315 g/mol. The van der Waals surface area contributed by atoms with Crippen molar-refractivity contribution in [3.05, 3.63) is 29.3 Å². The fourth-order valence-electron chi connectivity index (χ4n) is 3.56. The van der Waals surface area contributed by atoms with Gasteiger partial charge in [0.25, 0.3) is 0 Å². The molecule has 0 aliphatic carbocycles. The third-order valence-corrected chi connectivity index (χ3v) is 4.67.